The van der Waals surface area contributed by atoms with Gasteiger partial charge in [0.05, 0.1) is 6.42 Å². The van der Waals surface area contributed by atoms with Gasteiger partial charge in [-0.05, 0) is 44.2 Å². The first kappa shape index (κ1) is 15.5. The summed E-state index contributed by atoms with van der Waals surface area (Å²) in [4.78, 5) is 25.0. The van der Waals surface area contributed by atoms with Crippen molar-refractivity contribution < 1.29 is 14.7 Å². The number of rotatable bonds is 6. The molecule has 4 nitrogen and oxygen atoms in total. The lowest BCUT2D eigenvalue weighted by Crippen LogP contribution is -2.39. The largest absolute Gasteiger partial charge is 0.481 e. The monoisotopic (exact) mass is 289 g/mol. The van der Waals surface area contributed by atoms with Crippen molar-refractivity contribution >= 4 is 11.9 Å². The van der Waals surface area contributed by atoms with Gasteiger partial charge >= 0.3 is 5.97 Å². The Morgan fingerprint density at radius 3 is 2.57 bits per heavy atom. The van der Waals surface area contributed by atoms with Crippen LogP contribution in [0.3, 0.4) is 0 Å². The maximum absolute atomic E-state index is 12.6. The molecule has 0 spiro atoms. The third kappa shape index (κ3) is 3.63. The maximum atomic E-state index is 12.6. The second-order valence-electron chi connectivity index (χ2n) is 6.07. The van der Waals surface area contributed by atoms with Crippen molar-refractivity contribution in [3.8, 4) is 0 Å². The van der Waals surface area contributed by atoms with E-state index in [-0.39, 0.29) is 24.3 Å². The van der Waals surface area contributed by atoms with Crippen LogP contribution in [-0.2, 0) is 9.59 Å². The molecule has 4 heteroatoms. The van der Waals surface area contributed by atoms with Crippen LogP contribution in [0.5, 0.6) is 0 Å². The topological polar surface area (TPSA) is 57.6 Å². The third-order valence-electron chi connectivity index (χ3n) is 4.17. The molecule has 1 fully saturated rings. The van der Waals surface area contributed by atoms with Crippen molar-refractivity contribution in [1.82, 2.24) is 4.90 Å². The van der Waals surface area contributed by atoms with Crippen LogP contribution in [-0.4, -0.2) is 34.5 Å². The Hall–Kier alpha value is -1.84. The highest BCUT2D eigenvalue weighted by atomic mass is 16.4. The number of aryl methyl sites for hydroxylation is 1. The second kappa shape index (κ2) is 6.29. The fourth-order valence-corrected chi connectivity index (χ4v) is 2.87. The Labute approximate surface area is 125 Å². The highest BCUT2D eigenvalue weighted by molar-refractivity contribution is 5.83. The van der Waals surface area contributed by atoms with Gasteiger partial charge in [0.1, 0.15) is 0 Å². The number of aliphatic carboxylic acids is 1. The fraction of sp³-hybridized carbons (Fsp3) is 0.529. The molecule has 2 unspecified atom stereocenters. The number of benzene rings is 1. The van der Waals surface area contributed by atoms with Gasteiger partial charge in [0.25, 0.3) is 0 Å². The number of carboxylic acids is 1. The van der Waals surface area contributed by atoms with Crippen LogP contribution >= 0.6 is 0 Å². The van der Waals surface area contributed by atoms with Crippen molar-refractivity contribution in [2.75, 3.05) is 6.54 Å². The molecule has 1 aromatic carbocycles. The zero-order valence-corrected chi connectivity index (χ0v) is 12.9. The molecule has 0 bridgehead atoms. The van der Waals surface area contributed by atoms with Crippen LogP contribution in [0.2, 0.25) is 0 Å². The van der Waals surface area contributed by atoms with Crippen LogP contribution in [0.1, 0.15) is 43.7 Å². The standard InChI is InChI=1S/C17H23NO3/c1-11(2)18(9-8-16(19)20)17(21)15-10-14(15)13-7-5-4-6-12(13)3/h4-7,11,14-15H,8-10H2,1-3H3,(H,19,20). The minimum atomic E-state index is -0.861. The van der Waals surface area contributed by atoms with Crippen molar-refractivity contribution in [3.05, 3.63) is 35.4 Å². The molecule has 1 aliphatic carbocycles. The van der Waals surface area contributed by atoms with E-state index >= 15 is 0 Å². The molecule has 114 valence electrons. The Balaban J connectivity index is 2.03. The molecule has 1 saturated carbocycles. The SMILES string of the molecule is Cc1ccccc1C1CC1C(=O)N(CCC(=O)O)C(C)C. The van der Waals surface area contributed by atoms with Gasteiger partial charge < -0.3 is 10.0 Å². The quantitative estimate of drug-likeness (QED) is 0.876. The summed E-state index contributed by atoms with van der Waals surface area (Å²) in [6, 6.07) is 8.21. The minimum absolute atomic E-state index is 0.00563. The smallest absolute Gasteiger partial charge is 0.305 e. The van der Waals surface area contributed by atoms with Crippen molar-refractivity contribution in [2.24, 2.45) is 5.92 Å². The fourth-order valence-electron chi connectivity index (χ4n) is 2.87. The van der Waals surface area contributed by atoms with E-state index in [0.717, 1.165) is 6.42 Å². The van der Waals surface area contributed by atoms with Gasteiger partial charge in [-0.1, -0.05) is 24.3 Å². The summed E-state index contributed by atoms with van der Waals surface area (Å²) in [7, 11) is 0. The first-order valence-corrected chi connectivity index (χ1v) is 7.49. The van der Waals surface area contributed by atoms with Crippen LogP contribution in [0.25, 0.3) is 0 Å². The van der Waals surface area contributed by atoms with Gasteiger partial charge in [-0.15, -0.1) is 0 Å². The van der Waals surface area contributed by atoms with Gasteiger partial charge in [-0.2, -0.15) is 0 Å². The summed E-state index contributed by atoms with van der Waals surface area (Å²) in [6.07, 6.45) is 0.881. The van der Waals surface area contributed by atoms with E-state index in [1.807, 2.05) is 26.0 Å². The molecule has 21 heavy (non-hydrogen) atoms. The van der Waals surface area contributed by atoms with Crippen LogP contribution in [0, 0.1) is 12.8 Å². The predicted molar refractivity (Wildman–Crippen MR) is 81.1 cm³/mol. The Morgan fingerprint density at radius 2 is 2.00 bits per heavy atom. The number of carbonyl (C=O) groups is 2. The number of hydrogen-bond donors (Lipinski definition) is 1. The summed E-state index contributed by atoms with van der Waals surface area (Å²) < 4.78 is 0. The first-order chi connectivity index (χ1) is 9.91. The van der Waals surface area contributed by atoms with Gasteiger partial charge in [0.2, 0.25) is 5.91 Å². The predicted octanol–water partition coefficient (Wildman–Crippen LogP) is 2.81. The maximum Gasteiger partial charge on any atom is 0.305 e. The number of nitrogens with zero attached hydrogens (tertiary/aromatic N) is 1. The zero-order valence-electron chi connectivity index (χ0n) is 12.9. The van der Waals surface area contributed by atoms with Crippen molar-refractivity contribution in [3.63, 3.8) is 0 Å². The number of hydrogen-bond acceptors (Lipinski definition) is 2. The molecule has 0 radical (unpaired) electrons. The third-order valence-corrected chi connectivity index (χ3v) is 4.17. The molecular weight excluding hydrogens is 266 g/mol. The first-order valence-electron chi connectivity index (χ1n) is 7.49. The molecule has 0 heterocycles. The molecule has 1 N–H and O–H groups in total. The molecule has 2 atom stereocenters. The van der Waals surface area contributed by atoms with Gasteiger partial charge in [-0.25, -0.2) is 0 Å². The molecule has 1 amide bonds. The Bertz CT molecular complexity index is 539. The van der Waals surface area contributed by atoms with E-state index in [0.29, 0.717) is 12.5 Å². The second-order valence-corrected chi connectivity index (χ2v) is 6.07. The van der Waals surface area contributed by atoms with Crippen LogP contribution in [0.15, 0.2) is 24.3 Å². The number of carbonyl (C=O) groups excluding carboxylic acids is 1. The van der Waals surface area contributed by atoms with E-state index in [1.165, 1.54) is 11.1 Å². The Kier molecular flexibility index (Phi) is 4.66. The normalized spacial score (nSPS) is 20.4. The lowest BCUT2D eigenvalue weighted by Gasteiger charge is -2.26. The van der Waals surface area contributed by atoms with Gasteiger partial charge in [-0.3, -0.25) is 9.59 Å². The molecule has 2 rings (SSSR count). The molecule has 0 aromatic heterocycles. The highest BCUT2D eigenvalue weighted by Crippen LogP contribution is 2.49. The van der Waals surface area contributed by atoms with Gasteiger partial charge in [0, 0.05) is 18.5 Å². The molecule has 1 aliphatic rings. The van der Waals surface area contributed by atoms with E-state index in [9.17, 15) is 9.59 Å². The highest BCUT2D eigenvalue weighted by Gasteiger charge is 2.46. The van der Waals surface area contributed by atoms with E-state index in [2.05, 4.69) is 19.1 Å². The average Bonchev–Trinajstić information content (AvgIpc) is 3.18. The van der Waals surface area contributed by atoms with Crippen molar-refractivity contribution in [1.29, 1.82) is 0 Å². The van der Waals surface area contributed by atoms with Crippen molar-refractivity contribution in [2.45, 2.75) is 45.6 Å². The number of amides is 1. The molecule has 0 saturated heterocycles. The Morgan fingerprint density at radius 1 is 1.33 bits per heavy atom. The molecule has 0 aliphatic heterocycles. The lowest BCUT2D eigenvalue weighted by molar-refractivity contribution is -0.139. The number of carboxylic acid groups (broad SMARTS) is 1. The van der Waals surface area contributed by atoms with Crippen LogP contribution < -0.4 is 0 Å². The summed E-state index contributed by atoms with van der Waals surface area (Å²) in [5, 5.41) is 8.81. The van der Waals surface area contributed by atoms with E-state index < -0.39 is 5.97 Å². The molecule has 1 aromatic rings. The van der Waals surface area contributed by atoms with E-state index in [4.69, 9.17) is 5.11 Å². The van der Waals surface area contributed by atoms with Crippen LogP contribution in [0.4, 0.5) is 0 Å². The summed E-state index contributed by atoms with van der Waals surface area (Å²) in [5.74, 6) is -0.453. The average molecular weight is 289 g/mol. The van der Waals surface area contributed by atoms with E-state index in [1.54, 1.807) is 4.90 Å². The summed E-state index contributed by atoms with van der Waals surface area (Å²) in [5.41, 5.74) is 2.47. The summed E-state index contributed by atoms with van der Waals surface area (Å²) in [6.45, 7) is 6.23. The van der Waals surface area contributed by atoms with Gasteiger partial charge in [0.15, 0.2) is 0 Å². The zero-order chi connectivity index (χ0) is 15.6. The molecular formula is C17H23NO3. The lowest BCUT2D eigenvalue weighted by atomic mass is 10.0. The minimum Gasteiger partial charge on any atom is -0.481 e. The summed E-state index contributed by atoms with van der Waals surface area (Å²) >= 11 is 0.